The van der Waals surface area contributed by atoms with Crippen LogP contribution in [0.25, 0.3) is 0 Å². The maximum atomic E-state index is 9.40. The summed E-state index contributed by atoms with van der Waals surface area (Å²) in [6.07, 6.45) is 9.94. The van der Waals surface area contributed by atoms with Crippen molar-refractivity contribution in [3.63, 3.8) is 0 Å². The summed E-state index contributed by atoms with van der Waals surface area (Å²) in [6.45, 7) is 2.35. The van der Waals surface area contributed by atoms with Crippen molar-refractivity contribution in [2.75, 3.05) is 0 Å². The van der Waals surface area contributed by atoms with E-state index in [1.54, 1.807) is 0 Å². The third kappa shape index (κ3) is 2.80. The predicted molar refractivity (Wildman–Crippen MR) is 79.3 cm³/mol. The first-order valence-corrected chi connectivity index (χ1v) is 8.05. The maximum absolute atomic E-state index is 9.40. The van der Waals surface area contributed by atoms with Crippen LogP contribution < -0.4 is 0 Å². The lowest BCUT2D eigenvalue weighted by molar-refractivity contribution is 0.116. The zero-order valence-corrected chi connectivity index (χ0v) is 12.0. The van der Waals surface area contributed by atoms with Gasteiger partial charge in [-0.3, -0.25) is 0 Å². The molecule has 1 N–H and O–H groups in total. The highest BCUT2D eigenvalue weighted by Crippen LogP contribution is 2.48. The smallest absolute Gasteiger partial charge is 0.115 e. The zero-order chi connectivity index (χ0) is 13.2. The van der Waals surface area contributed by atoms with E-state index in [9.17, 15) is 5.11 Å². The van der Waals surface area contributed by atoms with Crippen LogP contribution >= 0.6 is 0 Å². The second-order valence-electron chi connectivity index (χ2n) is 6.71. The van der Waals surface area contributed by atoms with Crippen molar-refractivity contribution in [3.05, 3.63) is 29.8 Å². The Labute approximate surface area is 117 Å². The van der Waals surface area contributed by atoms with E-state index in [0.717, 1.165) is 23.7 Å². The molecular formula is C18H26O. The third-order valence-corrected chi connectivity index (χ3v) is 5.66. The van der Waals surface area contributed by atoms with E-state index in [-0.39, 0.29) is 0 Å². The molecule has 2 aliphatic rings. The van der Waals surface area contributed by atoms with Gasteiger partial charge < -0.3 is 5.11 Å². The van der Waals surface area contributed by atoms with Gasteiger partial charge >= 0.3 is 0 Å². The van der Waals surface area contributed by atoms with Gasteiger partial charge in [-0.25, -0.2) is 0 Å². The van der Waals surface area contributed by atoms with Crippen molar-refractivity contribution in [2.24, 2.45) is 17.8 Å². The molecule has 3 rings (SSSR count). The van der Waals surface area contributed by atoms with Gasteiger partial charge in [-0.2, -0.15) is 0 Å². The molecule has 1 aromatic carbocycles. The molecule has 1 nitrogen and oxygen atoms in total. The molecule has 0 saturated heterocycles. The van der Waals surface area contributed by atoms with E-state index in [0.29, 0.717) is 5.75 Å². The molecule has 0 bridgehead atoms. The Morgan fingerprint density at radius 1 is 0.947 bits per heavy atom. The lowest BCUT2D eigenvalue weighted by Crippen LogP contribution is -2.30. The molecule has 19 heavy (non-hydrogen) atoms. The van der Waals surface area contributed by atoms with Crippen LogP contribution in [0.4, 0.5) is 0 Å². The first kappa shape index (κ1) is 13.0. The highest BCUT2D eigenvalue weighted by Gasteiger charge is 2.35. The first-order chi connectivity index (χ1) is 9.26. The second kappa shape index (κ2) is 5.56. The summed E-state index contributed by atoms with van der Waals surface area (Å²) in [5.74, 6) is 4.11. The first-order valence-electron chi connectivity index (χ1n) is 8.05. The largest absolute Gasteiger partial charge is 0.508 e. The Kier molecular flexibility index (Phi) is 3.81. The number of rotatable bonds is 2. The van der Waals surface area contributed by atoms with Gasteiger partial charge in [-0.15, -0.1) is 0 Å². The molecule has 2 saturated carbocycles. The summed E-state index contributed by atoms with van der Waals surface area (Å²) in [5.41, 5.74) is 1.44. The standard InChI is InChI=1S/C18H26O/c1-2-13-3-4-17-12-16(6-5-15(17)11-13)14-7-9-18(19)10-8-14/h7-10,13,15-17,19H,2-6,11-12H2,1H3/t13?,15-,16-,17-/m1/s1. The minimum absolute atomic E-state index is 0.390. The van der Waals surface area contributed by atoms with Crippen molar-refractivity contribution in [1.82, 2.24) is 0 Å². The number of phenols is 1. The van der Waals surface area contributed by atoms with E-state index in [1.807, 2.05) is 12.1 Å². The summed E-state index contributed by atoms with van der Waals surface area (Å²) in [5, 5.41) is 9.40. The van der Waals surface area contributed by atoms with E-state index in [2.05, 4.69) is 19.1 Å². The summed E-state index contributed by atoms with van der Waals surface area (Å²) in [4.78, 5) is 0. The van der Waals surface area contributed by atoms with Crippen LogP contribution in [0.3, 0.4) is 0 Å². The molecule has 0 aliphatic heterocycles. The van der Waals surface area contributed by atoms with Gasteiger partial charge in [0.25, 0.3) is 0 Å². The van der Waals surface area contributed by atoms with Crippen molar-refractivity contribution >= 4 is 0 Å². The summed E-state index contributed by atoms with van der Waals surface area (Å²) in [6, 6.07) is 7.93. The average molecular weight is 258 g/mol. The Morgan fingerprint density at radius 3 is 2.37 bits per heavy atom. The SMILES string of the molecule is CCC1CC[C@@H]2C[C@H](c3ccc(O)cc3)CC[C@@H]2C1. The molecule has 4 atom stereocenters. The quantitative estimate of drug-likeness (QED) is 0.782. The summed E-state index contributed by atoms with van der Waals surface area (Å²) < 4.78 is 0. The Morgan fingerprint density at radius 2 is 1.63 bits per heavy atom. The zero-order valence-electron chi connectivity index (χ0n) is 12.0. The lowest BCUT2D eigenvalue weighted by Gasteiger charge is -2.42. The number of hydrogen-bond acceptors (Lipinski definition) is 1. The molecule has 1 heteroatoms. The molecule has 0 aromatic heterocycles. The van der Waals surface area contributed by atoms with E-state index in [4.69, 9.17) is 0 Å². The number of aromatic hydroxyl groups is 1. The fraction of sp³-hybridized carbons (Fsp3) is 0.667. The van der Waals surface area contributed by atoms with Crippen LogP contribution in [-0.2, 0) is 0 Å². The topological polar surface area (TPSA) is 20.2 Å². The van der Waals surface area contributed by atoms with Gasteiger partial charge in [0.15, 0.2) is 0 Å². The molecule has 104 valence electrons. The van der Waals surface area contributed by atoms with Crippen molar-refractivity contribution < 1.29 is 5.11 Å². The molecule has 0 spiro atoms. The van der Waals surface area contributed by atoms with E-state index in [1.165, 1.54) is 50.5 Å². The molecule has 0 radical (unpaired) electrons. The normalized spacial score (nSPS) is 34.8. The van der Waals surface area contributed by atoms with Crippen LogP contribution in [0.5, 0.6) is 5.75 Å². The van der Waals surface area contributed by atoms with E-state index >= 15 is 0 Å². The molecule has 1 unspecified atom stereocenters. The van der Waals surface area contributed by atoms with E-state index < -0.39 is 0 Å². The fourth-order valence-corrected chi connectivity index (χ4v) is 4.41. The fourth-order valence-electron chi connectivity index (χ4n) is 4.41. The van der Waals surface area contributed by atoms with Crippen molar-refractivity contribution in [2.45, 2.75) is 57.8 Å². The minimum Gasteiger partial charge on any atom is -0.508 e. The van der Waals surface area contributed by atoms with Gasteiger partial charge in [0, 0.05) is 0 Å². The van der Waals surface area contributed by atoms with Gasteiger partial charge in [0.05, 0.1) is 0 Å². The molecule has 2 fully saturated rings. The van der Waals surface area contributed by atoms with Gasteiger partial charge in [-0.05, 0) is 73.5 Å². The Bertz CT molecular complexity index is 408. The highest BCUT2D eigenvalue weighted by atomic mass is 16.3. The van der Waals surface area contributed by atoms with Gasteiger partial charge in [0.2, 0.25) is 0 Å². The average Bonchev–Trinajstić information content (AvgIpc) is 2.47. The van der Waals surface area contributed by atoms with Crippen LogP contribution in [0.1, 0.15) is 63.4 Å². The lowest BCUT2D eigenvalue weighted by atomic mass is 9.63. The number of phenolic OH excluding ortho intramolecular Hbond substituents is 1. The molecular weight excluding hydrogens is 232 g/mol. The number of benzene rings is 1. The Hall–Kier alpha value is -0.980. The molecule has 2 aliphatic carbocycles. The predicted octanol–water partition coefficient (Wildman–Crippen LogP) is 5.10. The summed E-state index contributed by atoms with van der Waals surface area (Å²) >= 11 is 0. The van der Waals surface area contributed by atoms with Gasteiger partial charge in [-0.1, -0.05) is 31.9 Å². The molecule has 0 heterocycles. The van der Waals surface area contributed by atoms with Gasteiger partial charge in [0.1, 0.15) is 5.75 Å². The second-order valence-corrected chi connectivity index (χ2v) is 6.71. The summed E-state index contributed by atoms with van der Waals surface area (Å²) in [7, 11) is 0. The number of fused-ring (bicyclic) bond motifs is 1. The highest BCUT2D eigenvalue weighted by molar-refractivity contribution is 5.28. The third-order valence-electron chi connectivity index (χ3n) is 5.66. The molecule has 0 amide bonds. The van der Waals surface area contributed by atoms with Crippen LogP contribution in [0, 0.1) is 17.8 Å². The number of hydrogen-bond donors (Lipinski definition) is 1. The maximum Gasteiger partial charge on any atom is 0.115 e. The van der Waals surface area contributed by atoms with Crippen molar-refractivity contribution in [3.8, 4) is 5.75 Å². The Balaban J connectivity index is 1.65. The van der Waals surface area contributed by atoms with Crippen LogP contribution in [0.15, 0.2) is 24.3 Å². The monoisotopic (exact) mass is 258 g/mol. The van der Waals surface area contributed by atoms with Crippen LogP contribution in [-0.4, -0.2) is 5.11 Å². The minimum atomic E-state index is 0.390. The van der Waals surface area contributed by atoms with Crippen molar-refractivity contribution in [1.29, 1.82) is 0 Å². The van der Waals surface area contributed by atoms with Crippen LogP contribution in [0.2, 0.25) is 0 Å². The molecule has 1 aromatic rings.